The largest absolute Gasteiger partial charge is 0.385 e. The zero-order valence-electron chi connectivity index (χ0n) is 14.0. The van der Waals surface area contributed by atoms with Crippen molar-refractivity contribution in [3.05, 3.63) is 12.7 Å². The first-order chi connectivity index (χ1) is 10.3. The van der Waals surface area contributed by atoms with Gasteiger partial charge in [0.2, 0.25) is 0 Å². The van der Waals surface area contributed by atoms with Crippen LogP contribution >= 0.6 is 35.7 Å². The van der Waals surface area contributed by atoms with Crippen molar-refractivity contribution in [2.24, 2.45) is 10.4 Å². The van der Waals surface area contributed by atoms with Crippen molar-refractivity contribution in [3.8, 4) is 0 Å². The van der Waals surface area contributed by atoms with Crippen LogP contribution in [0.4, 0.5) is 0 Å². The molecule has 0 unspecified atom stereocenters. The maximum absolute atomic E-state index is 5.28. The summed E-state index contributed by atoms with van der Waals surface area (Å²) in [5.74, 6) is 2.99. The molecule has 0 amide bonds. The summed E-state index contributed by atoms with van der Waals surface area (Å²) in [7, 11) is 3.63. The summed E-state index contributed by atoms with van der Waals surface area (Å²) >= 11 is 1.88. The third-order valence-electron chi connectivity index (χ3n) is 4.13. The van der Waals surface area contributed by atoms with Crippen LogP contribution in [0.25, 0.3) is 0 Å². The third-order valence-corrected chi connectivity index (χ3v) is 5.09. The number of hydrogen-bond acceptors (Lipinski definition) is 3. The van der Waals surface area contributed by atoms with Gasteiger partial charge in [-0.2, -0.15) is 11.8 Å². The molecule has 1 aliphatic rings. The lowest BCUT2D eigenvalue weighted by molar-refractivity contribution is 0.138. The molecular weight excluding hydrogens is 409 g/mol. The molecule has 1 saturated carbocycles. The van der Waals surface area contributed by atoms with Gasteiger partial charge in [0.25, 0.3) is 0 Å². The summed E-state index contributed by atoms with van der Waals surface area (Å²) in [5, 5.41) is 6.88. The molecule has 4 nitrogen and oxygen atoms in total. The Balaban J connectivity index is 0.00000441. The van der Waals surface area contributed by atoms with E-state index in [1.807, 2.05) is 24.9 Å². The van der Waals surface area contributed by atoms with Crippen molar-refractivity contribution in [1.82, 2.24) is 10.6 Å². The molecule has 1 rings (SSSR count). The molecule has 0 atom stereocenters. The number of guanidine groups is 1. The monoisotopic (exact) mass is 441 g/mol. The molecule has 22 heavy (non-hydrogen) atoms. The van der Waals surface area contributed by atoms with Crippen molar-refractivity contribution < 1.29 is 4.74 Å². The first kappa shape index (κ1) is 22.1. The van der Waals surface area contributed by atoms with E-state index in [0.717, 1.165) is 43.6 Å². The molecular formula is C16H32IN3OS. The number of nitrogens with one attached hydrogen (secondary N) is 2. The summed E-state index contributed by atoms with van der Waals surface area (Å²) < 4.78 is 5.28. The van der Waals surface area contributed by atoms with Gasteiger partial charge in [-0.3, -0.25) is 4.99 Å². The van der Waals surface area contributed by atoms with Crippen LogP contribution in [0.3, 0.4) is 0 Å². The molecule has 2 N–H and O–H groups in total. The highest BCUT2D eigenvalue weighted by molar-refractivity contribution is 14.0. The van der Waals surface area contributed by atoms with E-state index in [-0.39, 0.29) is 24.0 Å². The van der Waals surface area contributed by atoms with E-state index in [4.69, 9.17) is 4.74 Å². The second-order valence-corrected chi connectivity index (χ2v) is 6.82. The van der Waals surface area contributed by atoms with Crippen molar-refractivity contribution in [2.75, 3.05) is 45.4 Å². The molecule has 6 heteroatoms. The standard InChI is InChI=1S/C16H31N3OS.HI/c1-4-12-21-13-10-18-15(17-2)19-14-16(9-11-20-3)7-5-6-8-16;/h4H,1,5-14H2,2-3H3,(H2,17,18,19);1H. The maximum Gasteiger partial charge on any atom is 0.191 e. The molecule has 0 bridgehead atoms. The summed E-state index contributed by atoms with van der Waals surface area (Å²) in [6.45, 7) is 6.51. The smallest absolute Gasteiger partial charge is 0.191 e. The highest BCUT2D eigenvalue weighted by Gasteiger charge is 2.33. The number of thioether (sulfide) groups is 1. The van der Waals surface area contributed by atoms with Crippen LogP contribution in [0.2, 0.25) is 0 Å². The molecule has 0 heterocycles. The molecule has 0 aliphatic heterocycles. The minimum atomic E-state index is 0. The Bertz CT molecular complexity index is 321. The molecule has 0 aromatic heterocycles. The Morgan fingerprint density at radius 1 is 1.36 bits per heavy atom. The molecule has 1 aliphatic carbocycles. The fourth-order valence-corrected chi connectivity index (χ4v) is 3.44. The minimum absolute atomic E-state index is 0. The van der Waals surface area contributed by atoms with Gasteiger partial charge >= 0.3 is 0 Å². The summed E-state index contributed by atoms with van der Waals surface area (Å²) in [4.78, 5) is 4.31. The number of methoxy groups -OCH3 is 1. The summed E-state index contributed by atoms with van der Waals surface area (Å²) in [5.41, 5.74) is 0.394. The van der Waals surface area contributed by atoms with Crippen LogP contribution in [-0.2, 0) is 4.74 Å². The van der Waals surface area contributed by atoms with Crippen molar-refractivity contribution in [1.29, 1.82) is 0 Å². The first-order valence-corrected chi connectivity index (χ1v) is 9.04. The third kappa shape index (κ3) is 8.62. The van der Waals surface area contributed by atoms with E-state index < -0.39 is 0 Å². The van der Waals surface area contributed by atoms with Crippen LogP contribution < -0.4 is 10.6 Å². The van der Waals surface area contributed by atoms with E-state index in [0.29, 0.717) is 5.41 Å². The van der Waals surface area contributed by atoms with Gasteiger partial charge < -0.3 is 15.4 Å². The quantitative estimate of drug-likeness (QED) is 0.180. The fourth-order valence-electron chi connectivity index (χ4n) is 2.86. The van der Waals surface area contributed by atoms with Crippen LogP contribution in [0.15, 0.2) is 17.6 Å². The normalized spacial score (nSPS) is 16.9. The highest BCUT2D eigenvalue weighted by atomic mass is 127. The van der Waals surface area contributed by atoms with Gasteiger partial charge in [0, 0.05) is 45.4 Å². The number of hydrogen-bond donors (Lipinski definition) is 2. The Kier molecular flexibility index (Phi) is 13.5. The van der Waals surface area contributed by atoms with Crippen LogP contribution in [-0.4, -0.2) is 51.3 Å². The van der Waals surface area contributed by atoms with Gasteiger partial charge in [-0.05, 0) is 24.7 Å². The number of rotatable bonds is 10. The fraction of sp³-hybridized carbons (Fsp3) is 0.812. The zero-order valence-corrected chi connectivity index (χ0v) is 17.2. The van der Waals surface area contributed by atoms with Crippen LogP contribution in [0.1, 0.15) is 32.1 Å². The van der Waals surface area contributed by atoms with E-state index >= 15 is 0 Å². The molecule has 0 radical (unpaired) electrons. The van der Waals surface area contributed by atoms with Crippen LogP contribution in [0.5, 0.6) is 0 Å². The van der Waals surface area contributed by atoms with Gasteiger partial charge in [-0.15, -0.1) is 30.6 Å². The SMILES string of the molecule is C=CCSCCNC(=NC)NCC1(CCOC)CCCC1.I. The average Bonchev–Trinajstić information content (AvgIpc) is 2.97. The lowest BCUT2D eigenvalue weighted by Gasteiger charge is -2.29. The lowest BCUT2D eigenvalue weighted by atomic mass is 9.83. The van der Waals surface area contributed by atoms with Crippen molar-refractivity contribution in [2.45, 2.75) is 32.1 Å². The summed E-state index contributed by atoms with van der Waals surface area (Å²) in [6.07, 6.45) is 8.37. The second-order valence-electron chi connectivity index (χ2n) is 5.67. The second kappa shape index (κ2) is 13.5. The summed E-state index contributed by atoms with van der Waals surface area (Å²) in [6, 6.07) is 0. The number of aliphatic imine (C=N–C) groups is 1. The average molecular weight is 441 g/mol. The minimum Gasteiger partial charge on any atom is -0.385 e. The molecule has 0 spiro atoms. The number of ether oxygens (including phenoxy) is 1. The van der Waals surface area contributed by atoms with Gasteiger partial charge in [0.15, 0.2) is 5.96 Å². The van der Waals surface area contributed by atoms with Crippen molar-refractivity contribution >= 4 is 41.7 Å². The van der Waals surface area contributed by atoms with Gasteiger partial charge in [-0.25, -0.2) is 0 Å². The van der Waals surface area contributed by atoms with Gasteiger partial charge in [-0.1, -0.05) is 18.9 Å². The predicted molar refractivity (Wildman–Crippen MR) is 110 cm³/mol. The van der Waals surface area contributed by atoms with Gasteiger partial charge in [0.1, 0.15) is 0 Å². The molecule has 0 saturated heterocycles. The molecule has 0 aromatic rings. The first-order valence-electron chi connectivity index (χ1n) is 7.88. The number of nitrogens with zero attached hydrogens (tertiary/aromatic N) is 1. The Labute approximate surface area is 157 Å². The van der Waals surface area contributed by atoms with Crippen LogP contribution in [0, 0.1) is 5.41 Å². The van der Waals surface area contributed by atoms with E-state index in [1.165, 1.54) is 25.7 Å². The van der Waals surface area contributed by atoms with E-state index in [1.54, 1.807) is 7.11 Å². The van der Waals surface area contributed by atoms with E-state index in [9.17, 15) is 0 Å². The lowest BCUT2D eigenvalue weighted by Crippen LogP contribution is -2.44. The number of halogens is 1. The Morgan fingerprint density at radius 3 is 2.68 bits per heavy atom. The molecule has 130 valence electrons. The zero-order chi connectivity index (χ0) is 15.4. The highest BCUT2D eigenvalue weighted by Crippen LogP contribution is 2.40. The Morgan fingerprint density at radius 2 is 2.09 bits per heavy atom. The Hall–Kier alpha value is 0.0500. The predicted octanol–water partition coefficient (Wildman–Crippen LogP) is 3.29. The van der Waals surface area contributed by atoms with Crippen molar-refractivity contribution in [3.63, 3.8) is 0 Å². The molecule has 0 aromatic carbocycles. The topological polar surface area (TPSA) is 45.7 Å². The molecule has 1 fully saturated rings. The van der Waals surface area contributed by atoms with E-state index in [2.05, 4.69) is 22.2 Å². The maximum atomic E-state index is 5.28. The van der Waals surface area contributed by atoms with Gasteiger partial charge in [0.05, 0.1) is 0 Å².